The molecule has 0 saturated carbocycles. The molecule has 0 N–H and O–H groups in total. The predicted octanol–water partition coefficient (Wildman–Crippen LogP) is 4.59. The average molecular weight is 398 g/mol. The number of anilines is 1. The number of benzene rings is 2. The third kappa shape index (κ3) is 4.31. The Morgan fingerprint density at radius 2 is 1.79 bits per heavy atom. The normalized spacial score (nSPS) is 10.6. The fourth-order valence-corrected chi connectivity index (χ4v) is 3.68. The first-order chi connectivity index (χ1) is 13.5. The number of hydrogen-bond donors (Lipinski definition) is 0. The van der Waals surface area contributed by atoms with Gasteiger partial charge in [0.15, 0.2) is 0 Å². The lowest BCUT2D eigenvalue weighted by Crippen LogP contribution is -2.31. The van der Waals surface area contributed by atoms with Gasteiger partial charge in [-0.25, -0.2) is 0 Å². The molecule has 28 heavy (non-hydrogen) atoms. The summed E-state index contributed by atoms with van der Waals surface area (Å²) in [5.74, 6) is 0.972. The number of carbonyl (C=O) groups excluding carboxylic acids is 1. The number of hydrogen-bond acceptors (Lipinski definition) is 6. The van der Waals surface area contributed by atoms with Gasteiger partial charge in [-0.2, -0.15) is 0 Å². The Balaban J connectivity index is 1.95. The van der Waals surface area contributed by atoms with Crippen LogP contribution in [0.2, 0.25) is 0 Å². The van der Waals surface area contributed by atoms with Crippen LogP contribution < -0.4 is 14.4 Å². The Kier molecular flexibility index (Phi) is 6.26. The Morgan fingerprint density at radius 1 is 1.07 bits per heavy atom. The molecule has 0 unspecified atom stereocenters. The van der Waals surface area contributed by atoms with Crippen molar-refractivity contribution < 1.29 is 14.3 Å². The number of amides is 1. The summed E-state index contributed by atoms with van der Waals surface area (Å²) >= 11 is 1.41. The average Bonchev–Trinajstić information content (AvgIpc) is 3.21. The molecule has 3 rings (SSSR count). The van der Waals surface area contributed by atoms with Crippen molar-refractivity contribution in [3.8, 4) is 22.1 Å². The van der Waals surface area contributed by atoms with Gasteiger partial charge in [-0.3, -0.25) is 9.69 Å². The van der Waals surface area contributed by atoms with Crippen LogP contribution >= 0.6 is 11.3 Å². The van der Waals surface area contributed by atoms with Gasteiger partial charge >= 0.3 is 0 Å². The molecule has 0 aliphatic rings. The summed E-state index contributed by atoms with van der Waals surface area (Å²) in [5.41, 5.74) is 2.63. The van der Waals surface area contributed by atoms with E-state index in [9.17, 15) is 4.79 Å². The molecule has 2 aromatic carbocycles. The van der Waals surface area contributed by atoms with E-state index in [1.807, 2.05) is 32.0 Å². The van der Waals surface area contributed by atoms with Gasteiger partial charge in [0, 0.05) is 23.7 Å². The number of ether oxygens (including phenoxy) is 2. The highest BCUT2D eigenvalue weighted by molar-refractivity contribution is 7.18. The number of nitrogens with zero attached hydrogens (tertiary/aromatic N) is 3. The maximum absolute atomic E-state index is 13.2. The van der Waals surface area contributed by atoms with Crippen molar-refractivity contribution in [1.82, 2.24) is 10.2 Å². The molecule has 0 bridgehead atoms. The van der Waals surface area contributed by atoms with Crippen LogP contribution in [0.3, 0.4) is 0 Å². The molecule has 7 heteroatoms. The van der Waals surface area contributed by atoms with Gasteiger partial charge < -0.3 is 9.47 Å². The highest BCUT2D eigenvalue weighted by Crippen LogP contribution is 2.31. The van der Waals surface area contributed by atoms with E-state index in [4.69, 9.17) is 9.47 Å². The van der Waals surface area contributed by atoms with Crippen molar-refractivity contribution in [1.29, 1.82) is 0 Å². The first-order valence-corrected chi connectivity index (χ1v) is 9.82. The van der Waals surface area contributed by atoms with E-state index in [-0.39, 0.29) is 5.91 Å². The van der Waals surface area contributed by atoms with Crippen LogP contribution in [0.15, 0.2) is 42.5 Å². The largest absolute Gasteiger partial charge is 0.497 e. The van der Waals surface area contributed by atoms with Crippen LogP contribution in [0, 0.1) is 6.92 Å². The van der Waals surface area contributed by atoms with Crippen molar-refractivity contribution in [2.45, 2.75) is 20.3 Å². The molecular weight excluding hydrogens is 374 g/mol. The summed E-state index contributed by atoms with van der Waals surface area (Å²) < 4.78 is 10.6. The Hall–Kier alpha value is -2.93. The fraction of sp³-hybridized carbons (Fsp3) is 0.286. The van der Waals surface area contributed by atoms with Crippen LogP contribution in [0.5, 0.6) is 11.5 Å². The molecule has 0 aliphatic carbocycles. The summed E-state index contributed by atoms with van der Waals surface area (Å²) in [4.78, 5) is 14.9. The first-order valence-electron chi connectivity index (χ1n) is 9.01. The minimum Gasteiger partial charge on any atom is -0.497 e. The summed E-state index contributed by atoms with van der Waals surface area (Å²) in [6.45, 7) is 4.60. The zero-order chi connectivity index (χ0) is 20.1. The Bertz CT molecular complexity index is 949. The molecule has 0 radical (unpaired) electrons. The van der Waals surface area contributed by atoms with E-state index < -0.39 is 0 Å². The summed E-state index contributed by atoms with van der Waals surface area (Å²) in [6, 6.07) is 13.2. The molecule has 146 valence electrons. The molecule has 1 heterocycles. The van der Waals surface area contributed by atoms with Gasteiger partial charge in [0.2, 0.25) is 5.13 Å². The molecule has 1 aromatic heterocycles. The standard InChI is InChI=1S/C21H23N3O3S/c1-5-9-24(20(25)16-11-17(26-3)13-18(12-16)27-4)21-23-22-19(28-21)15-8-6-7-14(2)10-15/h6-8,10-13H,5,9H2,1-4H3. The van der Waals surface area contributed by atoms with Gasteiger partial charge in [0.25, 0.3) is 5.91 Å². The van der Waals surface area contributed by atoms with Crippen molar-refractivity contribution in [2.75, 3.05) is 25.7 Å². The molecule has 0 spiro atoms. The molecular formula is C21H23N3O3S. The maximum Gasteiger partial charge on any atom is 0.260 e. The van der Waals surface area contributed by atoms with Crippen molar-refractivity contribution in [3.63, 3.8) is 0 Å². The van der Waals surface area contributed by atoms with Crippen LogP contribution in [-0.4, -0.2) is 36.9 Å². The van der Waals surface area contributed by atoms with Crippen molar-refractivity contribution in [3.05, 3.63) is 53.6 Å². The summed E-state index contributed by atoms with van der Waals surface area (Å²) in [7, 11) is 3.12. The van der Waals surface area contributed by atoms with Crippen LogP contribution in [0.4, 0.5) is 5.13 Å². The van der Waals surface area contributed by atoms with E-state index in [0.717, 1.165) is 22.6 Å². The lowest BCUT2D eigenvalue weighted by Gasteiger charge is -2.19. The third-order valence-electron chi connectivity index (χ3n) is 4.20. The van der Waals surface area contributed by atoms with E-state index >= 15 is 0 Å². The Morgan fingerprint density at radius 3 is 2.39 bits per heavy atom. The van der Waals surface area contributed by atoms with Gasteiger partial charge in [-0.05, 0) is 31.5 Å². The van der Waals surface area contributed by atoms with Gasteiger partial charge in [0.05, 0.1) is 14.2 Å². The molecule has 1 amide bonds. The topological polar surface area (TPSA) is 64.6 Å². The van der Waals surface area contributed by atoms with Crippen molar-refractivity contribution >= 4 is 22.4 Å². The molecule has 6 nitrogen and oxygen atoms in total. The molecule has 0 atom stereocenters. The molecule has 0 saturated heterocycles. The SMILES string of the molecule is CCCN(C(=O)c1cc(OC)cc(OC)c1)c1nnc(-c2cccc(C)c2)s1. The third-order valence-corrected chi connectivity index (χ3v) is 5.20. The van der Waals surface area contributed by atoms with E-state index in [1.165, 1.54) is 11.3 Å². The highest BCUT2D eigenvalue weighted by atomic mass is 32.1. The second-order valence-electron chi connectivity index (χ2n) is 6.32. The second-order valence-corrected chi connectivity index (χ2v) is 7.27. The lowest BCUT2D eigenvalue weighted by molar-refractivity contribution is 0.0986. The smallest absolute Gasteiger partial charge is 0.260 e. The number of methoxy groups -OCH3 is 2. The molecule has 0 fully saturated rings. The predicted molar refractivity (Wildman–Crippen MR) is 112 cm³/mol. The first kappa shape index (κ1) is 19.8. The zero-order valence-electron chi connectivity index (χ0n) is 16.4. The second kappa shape index (κ2) is 8.84. The number of aromatic nitrogens is 2. The summed E-state index contributed by atoms with van der Waals surface area (Å²) in [5, 5.41) is 9.95. The van der Waals surface area contributed by atoms with Crippen molar-refractivity contribution in [2.24, 2.45) is 0 Å². The van der Waals surface area contributed by atoms with Crippen LogP contribution in [0.1, 0.15) is 29.3 Å². The summed E-state index contributed by atoms with van der Waals surface area (Å²) in [6.07, 6.45) is 0.798. The van der Waals surface area contributed by atoms with E-state index in [2.05, 4.69) is 16.3 Å². The molecule has 3 aromatic rings. The number of carbonyl (C=O) groups is 1. The fourth-order valence-electron chi connectivity index (χ4n) is 2.81. The number of rotatable bonds is 7. The zero-order valence-corrected chi connectivity index (χ0v) is 17.2. The molecule has 0 aliphatic heterocycles. The lowest BCUT2D eigenvalue weighted by atomic mass is 10.1. The van der Waals surface area contributed by atoms with Gasteiger partial charge in [-0.15, -0.1) is 10.2 Å². The quantitative estimate of drug-likeness (QED) is 0.583. The van der Waals surface area contributed by atoms with Crippen LogP contribution in [0.25, 0.3) is 10.6 Å². The van der Waals surface area contributed by atoms with E-state index in [1.54, 1.807) is 37.3 Å². The minimum absolute atomic E-state index is 0.161. The van der Waals surface area contributed by atoms with E-state index in [0.29, 0.717) is 28.7 Å². The maximum atomic E-state index is 13.2. The minimum atomic E-state index is -0.161. The van der Waals surface area contributed by atoms with Gasteiger partial charge in [-0.1, -0.05) is 42.0 Å². The monoisotopic (exact) mass is 397 g/mol. The Labute approximate surface area is 168 Å². The van der Waals surface area contributed by atoms with Gasteiger partial charge in [0.1, 0.15) is 16.5 Å². The van der Waals surface area contributed by atoms with Crippen LogP contribution in [-0.2, 0) is 0 Å². The number of aryl methyl sites for hydroxylation is 1. The highest BCUT2D eigenvalue weighted by Gasteiger charge is 2.22.